The van der Waals surface area contributed by atoms with Crippen LogP contribution in [0.15, 0.2) is 75.3 Å². The molecule has 0 aromatic heterocycles. The molecule has 6 heteroatoms. The van der Waals surface area contributed by atoms with Gasteiger partial charge in [0.1, 0.15) is 0 Å². The van der Waals surface area contributed by atoms with Gasteiger partial charge in [-0.05, 0) is 29.8 Å². The van der Waals surface area contributed by atoms with Crippen LogP contribution in [0.1, 0.15) is 5.56 Å². The zero-order chi connectivity index (χ0) is 18.4. The first-order valence-electron chi connectivity index (χ1n) is 9.11. The largest absolute Gasteiger partial charge is 0.361 e. The van der Waals surface area contributed by atoms with Crippen molar-refractivity contribution in [1.29, 1.82) is 0 Å². The van der Waals surface area contributed by atoms with Gasteiger partial charge in [0, 0.05) is 16.7 Å². The minimum absolute atomic E-state index is 0.0863. The molecule has 0 bridgehead atoms. The zero-order valence-corrected chi connectivity index (χ0v) is 16.4. The predicted octanol–water partition coefficient (Wildman–Crippen LogP) is 3.24. The summed E-state index contributed by atoms with van der Waals surface area (Å²) in [7, 11) is 0. The lowest BCUT2D eigenvalue weighted by molar-refractivity contribution is -0.124. The number of hydrogen-bond acceptors (Lipinski definition) is 4. The van der Waals surface area contributed by atoms with E-state index in [1.165, 1.54) is 0 Å². The lowest BCUT2D eigenvalue weighted by Crippen LogP contribution is -2.49. The van der Waals surface area contributed by atoms with Gasteiger partial charge in [-0.3, -0.25) is 14.7 Å². The average Bonchev–Trinajstić information content (AvgIpc) is 3.34. The zero-order valence-electron chi connectivity index (χ0n) is 14.8. The molecule has 0 radical (unpaired) electrons. The summed E-state index contributed by atoms with van der Waals surface area (Å²) >= 11 is 3.47. The Bertz CT molecular complexity index is 952. The quantitative estimate of drug-likeness (QED) is 0.761. The molecule has 0 spiro atoms. The molecule has 0 atom stereocenters. The first kappa shape index (κ1) is 16.6. The fourth-order valence-corrected chi connectivity index (χ4v) is 4.23. The summed E-state index contributed by atoms with van der Waals surface area (Å²) in [5.74, 6) is 0.889. The number of hydrogen-bond donors (Lipinski definition) is 0. The van der Waals surface area contributed by atoms with Gasteiger partial charge in [-0.1, -0.05) is 46.3 Å². The smallest absolute Gasteiger partial charge is 0.260 e. The topological polar surface area (TPSA) is 39.2 Å². The minimum atomic E-state index is 0.0863. The second-order valence-electron chi connectivity index (χ2n) is 6.97. The number of rotatable bonds is 3. The van der Waals surface area contributed by atoms with Crippen molar-refractivity contribution < 1.29 is 4.79 Å². The molecular formula is C21H19BrN4O. The summed E-state index contributed by atoms with van der Waals surface area (Å²) in [5.41, 5.74) is 4.27. The Morgan fingerprint density at radius 3 is 2.56 bits per heavy atom. The fraction of sp³-hybridized carbons (Fsp3) is 0.238. The van der Waals surface area contributed by atoms with Crippen molar-refractivity contribution in [3.63, 3.8) is 0 Å². The maximum absolute atomic E-state index is 13.3. The molecule has 136 valence electrons. The summed E-state index contributed by atoms with van der Waals surface area (Å²) in [4.78, 5) is 24.3. The van der Waals surface area contributed by atoms with Gasteiger partial charge in [-0.15, -0.1) is 0 Å². The third-order valence-electron chi connectivity index (χ3n) is 5.30. The van der Waals surface area contributed by atoms with Crippen molar-refractivity contribution >= 4 is 33.5 Å². The van der Waals surface area contributed by atoms with E-state index in [4.69, 9.17) is 0 Å². The van der Waals surface area contributed by atoms with Gasteiger partial charge in [0.15, 0.2) is 0 Å². The molecule has 5 rings (SSSR count). The molecule has 0 aliphatic carbocycles. The van der Waals surface area contributed by atoms with Crippen LogP contribution in [0.3, 0.4) is 0 Å². The number of amides is 1. The molecule has 0 fully saturated rings. The Morgan fingerprint density at radius 1 is 1.00 bits per heavy atom. The second-order valence-corrected chi connectivity index (χ2v) is 7.88. The summed E-state index contributed by atoms with van der Waals surface area (Å²) in [5, 5.41) is 0. The van der Waals surface area contributed by atoms with Gasteiger partial charge >= 0.3 is 0 Å². The van der Waals surface area contributed by atoms with Gasteiger partial charge in [0.2, 0.25) is 5.96 Å². The number of fused-ring (bicyclic) bond motifs is 2. The summed E-state index contributed by atoms with van der Waals surface area (Å²) in [6.07, 6.45) is 0. The number of halogens is 1. The van der Waals surface area contributed by atoms with Crippen LogP contribution >= 0.6 is 15.9 Å². The highest BCUT2D eigenvalue weighted by molar-refractivity contribution is 9.10. The fourth-order valence-electron chi connectivity index (χ4n) is 3.97. The Kier molecular flexibility index (Phi) is 4.01. The first-order chi connectivity index (χ1) is 13.2. The second kappa shape index (κ2) is 6.53. The average molecular weight is 423 g/mol. The van der Waals surface area contributed by atoms with E-state index < -0.39 is 0 Å². The number of carbonyl (C=O) groups excluding carboxylic acids is 1. The third-order valence-corrected chi connectivity index (χ3v) is 5.83. The van der Waals surface area contributed by atoms with E-state index in [9.17, 15) is 4.79 Å². The van der Waals surface area contributed by atoms with Crippen molar-refractivity contribution in [1.82, 2.24) is 9.80 Å². The SMILES string of the molecule is O=C1C2=C(CN(c3ccccc3)C2)N2CCN=C2N1Cc1ccc(Br)cc1. The van der Waals surface area contributed by atoms with Crippen LogP contribution in [0.2, 0.25) is 0 Å². The van der Waals surface area contributed by atoms with Crippen LogP contribution in [-0.4, -0.2) is 47.8 Å². The van der Waals surface area contributed by atoms with Gasteiger partial charge in [-0.2, -0.15) is 0 Å². The van der Waals surface area contributed by atoms with E-state index in [-0.39, 0.29) is 5.91 Å². The molecule has 3 aliphatic heterocycles. The third kappa shape index (κ3) is 2.84. The normalized spacial score (nSPS) is 18.8. The van der Waals surface area contributed by atoms with Gasteiger partial charge in [-0.25, -0.2) is 0 Å². The highest BCUT2D eigenvalue weighted by Gasteiger charge is 2.42. The molecule has 0 N–H and O–H groups in total. The van der Waals surface area contributed by atoms with Gasteiger partial charge in [0.05, 0.1) is 37.4 Å². The van der Waals surface area contributed by atoms with E-state index in [1.807, 2.05) is 47.4 Å². The molecule has 2 aromatic rings. The van der Waals surface area contributed by atoms with Crippen LogP contribution in [0, 0.1) is 0 Å². The van der Waals surface area contributed by atoms with E-state index in [2.05, 4.69) is 42.9 Å². The van der Waals surface area contributed by atoms with Crippen molar-refractivity contribution in [2.45, 2.75) is 6.54 Å². The maximum atomic E-state index is 13.3. The van der Waals surface area contributed by atoms with E-state index >= 15 is 0 Å². The maximum Gasteiger partial charge on any atom is 0.260 e. The van der Waals surface area contributed by atoms with Gasteiger partial charge in [0.25, 0.3) is 5.91 Å². The van der Waals surface area contributed by atoms with Crippen LogP contribution in [0.5, 0.6) is 0 Å². The predicted molar refractivity (Wildman–Crippen MR) is 109 cm³/mol. The van der Waals surface area contributed by atoms with Crippen molar-refractivity contribution in [2.24, 2.45) is 4.99 Å². The lowest BCUT2D eigenvalue weighted by atomic mass is 10.1. The van der Waals surface area contributed by atoms with Crippen molar-refractivity contribution in [3.8, 4) is 0 Å². The van der Waals surface area contributed by atoms with E-state index in [0.717, 1.165) is 52.6 Å². The van der Waals surface area contributed by atoms with Crippen molar-refractivity contribution in [2.75, 3.05) is 31.1 Å². The number of guanidine groups is 1. The number of carbonyl (C=O) groups is 1. The number of anilines is 1. The Labute approximate surface area is 166 Å². The van der Waals surface area contributed by atoms with Crippen LogP contribution < -0.4 is 4.90 Å². The molecule has 3 aliphatic rings. The molecule has 5 nitrogen and oxygen atoms in total. The summed E-state index contributed by atoms with van der Waals surface area (Å²) < 4.78 is 1.04. The minimum Gasteiger partial charge on any atom is -0.361 e. The molecule has 0 saturated carbocycles. The highest BCUT2D eigenvalue weighted by atomic mass is 79.9. The molecule has 0 saturated heterocycles. The molecular weight excluding hydrogens is 404 g/mol. The van der Waals surface area contributed by atoms with Crippen LogP contribution in [0.25, 0.3) is 0 Å². The van der Waals surface area contributed by atoms with Crippen LogP contribution in [0.4, 0.5) is 5.69 Å². The van der Waals surface area contributed by atoms with Crippen molar-refractivity contribution in [3.05, 3.63) is 75.9 Å². The van der Waals surface area contributed by atoms with E-state index in [0.29, 0.717) is 13.1 Å². The molecule has 3 heterocycles. The number of aliphatic imine (C=N–C) groups is 1. The highest BCUT2D eigenvalue weighted by Crippen LogP contribution is 2.33. The standard InChI is InChI=1S/C21H19BrN4O/c22-16-8-6-15(7-9-16)12-26-20(27)18-13-24(17-4-2-1-3-5-17)14-19(18)25-11-10-23-21(25)26/h1-9H,10-14H2. The monoisotopic (exact) mass is 422 g/mol. The number of nitrogens with zero attached hydrogens (tertiary/aromatic N) is 4. The molecule has 27 heavy (non-hydrogen) atoms. The molecule has 0 unspecified atom stereocenters. The first-order valence-corrected chi connectivity index (χ1v) is 9.90. The molecule has 1 amide bonds. The van der Waals surface area contributed by atoms with E-state index in [1.54, 1.807) is 0 Å². The Balaban J connectivity index is 1.45. The lowest BCUT2D eigenvalue weighted by Gasteiger charge is -2.35. The summed E-state index contributed by atoms with van der Waals surface area (Å²) in [6.45, 7) is 3.54. The number of benzene rings is 2. The molecule has 2 aromatic carbocycles. The summed E-state index contributed by atoms with van der Waals surface area (Å²) in [6, 6.07) is 18.4. The Hall–Kier alpha value is -2.60. The number of para-hydroxylation sites is 1. The van der Waals surface area contributed by atoms with Crippen LogP contribution in [-0.2, 0) is 11.3 Å². The Morgan fingerprint density at radius 2 is 1.78 bits per heavy atom. The van der Waals surface area contributed by atoms with Gasteiger partial charge < -0.3 is 9.80 Å².